The molecule has 2 N–H and O–H groups in total. The Morgan fingerprint density at radius 1 is 1.17 bits per heavy atom. The molecule has 1 fully saturated rings. The molecule has 4 rings (SSSR count). The number of nitrogens with zero attached hydrogens (tertiary/aromatic N) is 5. The molecule has 0 aliphatic carbocycles. The van der Waals surface area contributed by atoms with Crippen LogP contribution in [0.15, 0.2) is 18.3 Å². The number of ether oxygens (including phenoxy) is 1. The van der Waals surface area contributed by atoms with E-state index in [1.807, 2.05) is 12.1 Å². The van der Waals surface area contributed by atoms with Crippen molar-refractivity contribution in [3.05, 3.63) is 22.7 Å². The third kappa shape index (κ3) is 2.80. The van der Waals surface area contributed by atoms with E-state index in [1.165, 1.54) is 11.3 Å². The number of nitrogen functional groups attached to an aromatic ring is 1. The SMILES string of the molecule is Nc1nc(N2CCOCC2)c2nc(-c3ccc(Cl)s3)cnc2n1. The van der Waals surface area contributed by atoms with Crippen LogP contribution in [0.3, 0.4) is 0 Å². The number of hydrogen-bond donors (Lipinski definition) is 1. The maximum Gasteiger partial charge on any atom is 0.224 e. The molecule has 0 saturated carbocycles. The standard InChI is InChI=1S/C14H13ClN6OS/c15-10-2-1-9(23-10)8-7-17-12-11(18-8)13(20-14(16)19-12)21-3-5-22-6-4-21/h1-2,7H,3-6H2,(H2,16,17,19,20). The van der Waals surface area contributed by atoms with Crippen LogP contribution in [0.4, 0.5) is 11.8 Å². The van der Waals surface area contributed by atoms with Crippen LogP contribution in [-0.2, 0) is 4.74 Å². The van der Waals surface area contributed by atoms with Crippen LogP contribution in [0.5, 0.6) is 0 Å². The van der Waals surface area contributed by atoms with Crippen molar-refractivity contribution in [2.75, 3.05) is 36.9 Å². The Morgan fingerprint density at radius 3 is 2.74 bits per heavy atom. The van der Waals surface area contributed by atoms with Crippen LogP contribution in [0.1, 0.15) is 0 Å². The van der Waals surface area contributed by atoms with Gasteiger partial charge in [0.25, 0.3) is 0 Å². The number of thiophene rings is 1. The monoisotopic (exact) mass is 348 g/mol. The first-order chi connectivity index (χ1) is 11.2. The molecule has 23 heavy (non-hydrogen) atoms. The highest BCUT2D eigenvalue weighted by molar-refractivity contribution is 7.19. The van der Waals surface area contributed by atoms with Gasteiger partial charge in [0, 0.05) is 13.1 Å². The molecule has 0 radical (unpaired) electrons. The predicted octanol–water partition coefficient (Wildman–Crippen LogP) is 2.22. The summed E-state index contributed by atoms with van der Waals surface area (Å²) < 4.78 is 6.11. The lowest BCUT2D eigenvalue weighted by atomic mass is 10.3. The summed E-state index contributed by atoms with van der Waals surface area (Å²) in [5, 5.41) is 0. The van der Waals surface area contributed by atoms with Gasteiger partial charge in [-0.25, -0.2) is 9.97 Å². The molecule has 3 aromatic rings. The Morgan fingerprint density at radius 2 is 2.00 bits per heavy atom. The van der Waals surface area contributed by atoms with Gasteiger partial charge in [0.05, 0.1) is 34.3 Å². The van der Waals surface area contributed by atoms with E-state index < -0.39 is 0 Å². The van der Waals surface area contributed by atoms with Crippen LogP contribution in [-0.4, -0.2) is 46.2 Å². The second-order valence-corrected chi connectivity index (χ2v) is 6.75. The maximum absolute atomic E-state index is 6.01. The average molecular weight is 349 g/mol. The predicted molar refractivity (Wildman–Crippen MR) is 90.9 cm³/mol. The number of rotatable bonds is 2. The third-order valence-electron chi connectivity index (χ3n) is 3.54. The Kier molecular flexibility index (Phi) is 3.72. The molecule has 0 aromatic carbocycles. The first-order valence-corrected chi connectivity index (χ1v) is 8.29. The van der Waals surface area contributed by atoms with Crippen LogP contribution in [0.2, 0.25) is 4.34 Å². The van der Waals surface area contributed by atoms with Crippen LogP contribution < -0.4 is 10.6 Å². The van der Waals surface area contributed by atoms with E-state index in [2.05, 4.69) is 19.9 Å². The fourth-order valence-electron chi connectivity index (χ4n) is 2.48. The zero-order valence-corrected chi connectivity index (χ0v) is 13.6. The fraction of sp³-hybridized carbons (Fsp3) is 0.286. The highest BCUT2D eigenvalue weighted by Gasteiger charge is 2.19. The Hall–Kier alpha value is -2.03. The van der Waals surface area contributed by atoms with Crippen LogP contribution in [0.25, 0.3) is 21.7 Å². The minimum absolute atomic E-state index is 0.195. The number of halogens is 1. The van der Waals surface area contributed by atoms with E-state index in [0.29, 0.717) is 34.5 Å². The van der Waals surface area contributed by atoms with Gasteiger partial charge in [-0.2, -0.15) is 9.97 Å². The highest BCUT2D eigenvalue weighted by Crippen LogP contribution is 2.31. The lowest BCUT2D eigenvalue weighted by Gasteiger charge is -2.28. The van der Waals surface area contributed by atoms with Gasteiger partial charge >= 0.3 is 0 Å². The van der Waals surface area contributed by atoms with Gasteiger partial charge in [-0.05, 0) is 12.1 Å². The van der Waals surface area contributed by atoms with Crippen molar-refractivity contribution in [1.82, 2.24) is 19.9 Å². The second kappa shape index (κ2) is 5.88. The van der Waals surface area contributed by atoms with Crippen molar-refractivity contribution < 1.29 is 4.74 Å². The molecular weight excluding hydrogens is 336 g/mol. The Balaban J connectivity index is 1.86. The summed E-state index contributed by atoms with van der Waals surface area (Å²) in [6, 6.07) is 3.77. The molecule has 4 heterocycles. The number of fused-ring (bicyclic) bond motifs is 1. The zero-order valence-electron chi connectivity index (χ0n) is 12.1. The third-order valence-corrected chi connectivity index (χ3v) is 4.80. The Labute approximate surface area is 141 Å². The minimum atomic E-state index is 0.195. The Bertz CT molecular complexity index is 864. The lowest BCUT2D eigenvalue weighted by molar-refractivity contribution is 0.122. The van der Waals surface area contributed by atoms with Crippen molar-refractivity contribution in [3.63, 3.8) is 0 Å². The molecule has 118 valence electrons. The minimum Gasteiger partial charge on any atom is -0.378 e. The number of anilines is 2. The number of nitrogens with two attached hydrogens (primary N) is 1. The van der Waals surface area contributed by atoms with E-state index in [-0.39, 0.29) is 5.95 Å². The number of aromatic nitrogens is 4. The van der Waals surface area contributed by atoms with Gasteiger partial charge in [-0.15, -0.1) is 11.3 Å². The molecule has 3 aromatic heterocycles. The summed E-state index contributed by atoms with van der Waals surface area (Å²) in [4.78, 5) is 20.7. The van der Waals surface area contributed by atoms with Crippen LogP contribution >= 0.6 is 22.9 Å². The van der Waals surface area contributed by atoms with Gasteiger partial charge in [0.15, 0.2) is 17.0 Å². The summed E-state index contributed by atoms with van der Waals surface area (Å²) in [6.07, 6.45) is 1.68. The van der Waals surface area contributed by atoms with E-state index >= 15 is 0 Å². The van der Waals surface area contributed by atoms with E-state index in [9.17, 15) is 0 Å². The van der Waals surface area contributed by atoms with Crippen molar-refractivity contribution >= 4 is 45.9 Å². The molecule has 0 bridgehead atoms. The van der Waals surface area contributed by atoms with Gasteiger partial charge < -0.3 is 15.4 Å². The van der Waals surface area contributed by atoms with Crippen molar-refractivity contribution in [2.24, 2.45) is 0 Å². The summed E-state index contributed by atoms with van der Waals surface area (Å²) >= 11 is 7.47. The normalized spacial score (nSPS) is 15.3. The second-order valence-electron chi connectivity index (χ2n) is 5.04. The molecule has 1 aliphatic rings. The maximum atomic E-state index is 6.01. The molecular formula is C14H13ClN6OS. The van der Waals surface area contributed by atoms with Crippen molar-refractivity contribution in [3.8, 4) is 10.6 Å². The number of hydrogen-bond acceptors (Lipinski definition) is 8. The van der Waals surface area contributed by atoms with Crippen molar-refractivity contribution in [1.29, 1.82) is 0 Å². The van der Waals surface area contributed by atoms with Crippen LogP contribution in [0, 0.1) is 0 Å². The summed E-state index contributed by atoms with van der Waals surface area (Å²) in [5.74, 6) is 0.896. The molecule has 0 amide bonds. The van der Waals surface area contributed by atoms with Gasteiger partial charge in [-0.3, -0.25) is 0 Å². The van der Waals surface area contributed by atoms with E-state index in [0.717, 1.165) is 23.7 Å². The van der Waals surface area contributed by atoms with Gasteiger partial charge in [-0.1, -0.05) is 11.6 Å². The lowest BCUT2D eigenvalue weighted by Crippen LogP contribution is -2.37. The molecule has 7 nitrogen and oxygen atoms in total. The molecule has 0 unspecified atom stereocenters. The molecule has 0 atom stereocenters. The summed E-state index contributed by atoms with van der Waals surface area (Å²) in [5.41, 5.74) is 7.70. The first kappa shape index (κ1) is 14.6. The fourth-order valence-corrected chi connectivity index (χ4v) is 3.47. The highest BCUT2D eigenvalue weighted by atomic mass is 35.5. The first-order valence-electron chi connectivity index (χ1n) is 7.09. The molecule has 9 heteroatoms. The smallest absolute Gasteiger partial charge is 0.224 e. The summed E-state index contributed by atoms with van der Waals surface area (Å²) in [6.45, 7) is 2.78. The number of morpholine rings is 1. The summed E-state index contributed by atoms with van der Waals surface area (Å²) in [7, 11) is 0. The molecule has 1 aliphatic heterocycles. The van der Waals surface area contributed by atoms with Gasteiger partial charge in [0.1, 0.15) is 0 Å². The average Bonchev–Trinajstić information content (AvgIpc) is 3.01. The van der Waals surface area contributed by atoms with E-state index in [4.69, 9.17) is 27.1 Å². The molecule has 0 spiro atoms. The van der Waals surface area contributed by atoms with E-state index in [1.54, 1.807) is 6.20 Å². The molecule has 1 saturated heterocycles. The van der Waals surface area contributed by atoms with Gasteiger partial charge in [0.2, 0.25) is 5.95 Å². The zero-order chi connectivity index (χ0) is 15.8. The largest absolute Gasteiger partial charge is 0.378 e. The van der Waals surface area contributed by atoms with Crippen molar-refractivity contribution in [2.45, 2.75) is 0 Å². The topological polar surface area (TPSA) is 90.0 Å². The quantitative estimate of drug-likeness (QED) is 0.759.